The summed E-state index contributed by atoms with van der Waals surface area (Å²) in [4.78, 5) is 31.8. The fourth-order valence-corrected chi connectivity index (χ4v) is 2.95. The molecule has 2 N–H and O–H groups in total. The van der Waals surface area contributed by atoms with E-state index in [1.54, 1.807) is 39.8 Å². The lowest BCUT2D eigenvalue weighted by Crippen LogP contribution is -2.27. The van der Waals surface area contributed by atoms with Gasteiger partial charge < -0.3 is 10.1 Å². The summed E-state index contributed by atoms with van der Waals surface area (Å²) in [7, 11) is 0. The van der Waals surface area contributed by atoms with Gasteiger partial charge in [0.2, 0.25) is 5.91 Å². The Labute approximate surface area is 177 Å². The Hall–Kier alpha value is -3.62. The Morgan fingerprint density at radius 2 is 1.71 bits per heavy atom. The first-order valence-corrected chi connectivity index (χ1v) is 9.47. The number of aromatic nitrogens is 2. The average Bonchev–Trinajstić information content (AvgIpc) is 2.61. The second-order valence-corrected chi connectivity index (χ2v) is 8.00. The smallest absolute Gasteiger partial charge is 0.412 e. The lowest BCUT2D eigenvalue weighted by molar-refractivity contribution is -0.114. The fourth-order valence-electron chi connectivity index (χ4n) is 2.95. The SMILES string of the molecule is CC(=O)Nc1cc2nc(C)c(-c3cc(NC(=O)OC(C)(C)C)c(F)cc3F)cc2cn1. The van der Waals surface area contributed by atoms with Crippen molar-refractivity contribution in [3.8, 4) is 11.1 Å². The topological polar surface area (TPSA) is 93.2 Å². The van der Waals surface area contributed by atoms with Gasteiger partial charge in [0, 0.05) is 47.5 Å². The summed E-state index contributed by atoms with van der Waals surface area (Å²) in [5.74, 6) is -1.66. The van der Waals surface area contributed by atoms with Crippen LogP contribution in [0, 0.1) is 18.6 Å². The summed E-state index contributed by atoms with van der Waals surface area (Å²) in [6, 6.07) is 5.16. The molecule has 7 nitrogen and oxygen atoms in total. The van der Waals surface area contributed by atoms with Crippen LogP contribution in [0.4, 0.5) is 25.1 Å². The molecular formula is C22H22F2N4O3. The van der Waals surface area contributed by atoms with E-state index in [1.165, 1.54) is 19.2 Å². The summed E-state index contributed by atoms with van der Waals surface area (Å²) in [6.45, 7) is 8.07. The molecule has 0 aliphatic rings. The van der Waals surface area contributed by atoms with Crippen LogP contribution in [0.3, 0.4) is 0 Å². The number of aryl methyl sites for hydroxylation is 1. The zero-order valence-electron chi connectivity index (χ0n) is 17.8. The molecule has 1 aromatic carbocycles. The van der Waals surface area contributed by atoms with Gasteiger partial charge in [-0.25, -0.2) is 18.6 Å². The normalized spacial score (nSPS) is 11.3. The highest BCUT2D eigenvalue weighted by molar-refractivity contribution is 5.92. The van der Waals surface area contributed by atoms with E-state index in [0.29, 0.717) is 34.0 Å². The highest BCUT2D eigenvalue weighted by atomic mass is 19.1. The van der Waals surface area contributed by atoms with E-state index in [9.17, 15) is 18.4 Å². The highest BCUT2D eigenvalue weighted by Crippen LogP contribution is 2.32. The molecule has 0 aliphatic heterocycles. The maximum Gasteiger partial charge on any atom is 0.412 e. The number of anilines is 2. The quantitative estimate of drug-likeness (QED) is 0.599. The van der Waals surface area contributed by atoms with Crippen LogP contribution in [0.25, 0.3) is 22.0 Å². The van der Waals surface area contributed by atoms with E-state index in [4.69, 9.17) is 4.74 Å². The minimum absolute atomic E-state index is 0.0605. The number of nitrogens with one attached hydrogen (secondary N) is 2. The summed E-state index contributed by atoms with van der Waals surface area (Å²) in [6.07, 6.45) is 0.643. The number of halogens is 2. The molecule has 0 saturated carbocycles. The first kappa shape index (κ1) is 22.1. The first-order chi connectivity index (χ1) is 14.4. The Bertz CT molecular complexity index is 1190. The van der Waals surface area contributed by atoms with Gasteiger partial charge in [-0.05, 0) is 39.8 Å². The third kappa shape index (κ3) is 5.30. The van der Waals surface area contributed by atoms with E-state index >= 15 is 0 Å². The number of rotatable bonds is 3. The zero-order chi connectivity index (χ0) is 22.9. The molecule has 0 fully saturated rings. The molecule has 0 unspecified atom stereocenters. The molecule has 0 saturated heterocycles. The third-order valence-electron chi connectivity index (χ3n) is 4.18. The maximum atomic E-state index is 14.6. The van der Waals surface area contributed by atoms with Gasteiger partial charge in [-0.3, -0.25) is 15.1 Å². The number of benzene rings is 1. The van der Waals surface area contributed by atoms with Crippen LogP contribution in [-0.4, -0.2) is 27.6 Å². The predicted molar refractivity (Wildman–Crippen MR) is 114 cm³/mol. The summed E-state index contributed by atoms with van der Waals surface area (Å²) < 4.78 is 34.0. The largest absolute Gasteiger partial charge is 0.444 e. The number of nitrogens with zero attached hydrogens (tertiary/aromatic N) is 2. The van der Waals surface area contributed by atoms with Crippen LogP contribution in [0.5, 0.6) is 0 Å². The van der Waals surface area contributed by atoms with Gasteiger partial charge in [-0.2, -0.15) is 0 Å². The summed E-state index contributed by atoms with van der Waals surface area (Å²) in [5, 5.41) is 5.48. The van der Waals surface area contributed by atoms with Crippen LogP contribution in [0.15, 0.2) is 30.5 Å². The van der Waals surface area contributed by atoms with Crippen molar-refractivity contribution in [2.75, 3.05) is 10.6 Å². The van der Waals surface area contributed by atoms with Crippen molar-refractivity contribution in [3.63, 3.8) is 0 Å². The second-order valence-electron chi connectivity index (χ2n) is 8.00. The first-order valence-electron chi connectivity index (χ1n) is 9.47. The molecule has 0 aliphatic carbocycles. The molecule has 9 heteroatoms. The molecule has 0 spiro atoms. The number of amides is 2. The number of hydrogen-bond acceptors (Lipinski definition) is 5. The minimum atomic E-state index is -0.930. The van der Waals surface area contributed by atoms with Gasteiger partial charge in [0.1, 0.15) is 23.1 Å². The van der Waals surface area contributed by atoms with Crippen molar-refractivity contribution in [3.05, 3.63) is 47.8 Å². The van der Waals surface area contributed by atoms with Crippen LogP contribution in [-0.2, 0) is 9.53 Å². The zero-order valence-corrected chi connectivity index (χ0v) is 17.8. The summed E-state index contributed by atoms with van der Waals surface area (Å²) >= 11 is 0. The van der Waals surface area contributed by atoms with Crippen LogP contribution in [0.1, 0.15) is 33.4 Å². The minimum Gasteiger partial charge on any atom is -0.444 e. The van der Waals surface area contributed by atoms with Gasteiger partial charge >= 0.3 is 6.09 Å². The van der Waals surface area contributed by atoms with Crippen LogP contribution < -0.4 is 10.6 Å². The standard InChI is InChI=1S/C22H22F2N4O3/c1-11-14(6-13-10-25-20(27-12(2)29)9-18(13)26-11)15-7-19(17(24)8-16(15)23)28-21(30)31-22(3,4)5/h6-10H,1-5H3,(H,28,30)(H,25,27,29). The molecule has 31 heavy (non-hydrogen) atoms. The molecular weight excluding hydrogens is 406 g/mol. The van der Waals surface area contributed by atoms with E-state index in [0.717, 1.165) is 0 Å². The van der Waals surface area contributed by atoms with Crippen molar-refractivity contribution in [1.29, 1.82) is 0 Å². The van der Waals surface area contributed by atoms with Crippen molar-refractivity contribution < 1.29 is 23.1 Å². The van der Waals surface area contributed by atoms with E-state index in [-0.39, 0.29) is 17.2 Å². The molecule has 2 aromatic heterocycles. The molecule has 3 aromatic rings. The Morgan fingerprint density at radius 1 is 1.00 bits per heavy atom. The van der Waals surface area contributed by atoms with Crippen molar-refractivity contribution in [2.24, 2.45) is 0 Å². The number of fused-ring (bicyclic) bond motifs is 1. The Balaban J connectivity index is 2.02. The van der Waals surface area contributed by atoms with Gasteiger partial charge in [0.25, 0.3) is 0 Å². The van der Waals surface area contributed by atoms with E-state index < -0.39 is 23.3 Å². The third-order valence-corrected chi connectivity index (χ3v) is 4.18. The number of hydrogen-bond donors (Lipinski definition) is 2. The molecule has 0 radical (unpaired) electrons. The van der Waals surface area contributed by atoms with Crippen LogP contribution >= 0.6 is 0 Å². The second kappa shape index (κ2) is 8.25. The van der Waals surface area contributed by atoms with Crippen molar-refractivity contribution in [2.45, 2.75) is 40.2 Å². The molecule has 162 valence electrons. The molecule has 0 bridgehead atoms. The molecule has 2 heterocycles. The van der Waals surface area contributed by atoms with Gasteiger partial charge in [-0.15, -0.1) is 0 Å². The number of carbonyl (C=O) groups is 2. The lowest BCUT2D eigenvalue weighted by atomic mass is 10.0. The number of pyridine rings is 2. The lowest BCUT2D eigenvalue weighted by Gasteiger charge is -2.20. The average molecular weight is 428 g/mol. The van der Waals surface area contributed by atoms with Gasteiger partial charge in [0.15, 0.2) is 0 Å². The van der Waals surface area contributed by atoms with Gasteiger partial charge in [-0.1, -0.05) is 0 Å². The van der Waals surface area contributed by atoms with Crippen molar-refractivity contribution >= 4 is 34.4 Å². The Kier molecular flexibility index (Phi) is 5.88. The molecule has 2 amide bonds. The Morgan fingerprint density at radius 3 is 2.35 bits per heavy atom. The molecule has 3 rings (SSSR count). The molecule has 0 atom stereocenters. The van der Waals surface area contributed by atoms with E-state index in [1.807, 2.05) is 0 Å². The predicted octanol–water partition coefficient (Wildman–Crippen LogP) is 5.19. The van der Waals surface area contributed by atoms with Gasteiger partial charge in [0.05, 0.1) is 11.2 Å². The van der Waals surface area contributed by atoms with E-state index in [2.05, 4.69) is 20.6 Å². The summed E-state index contributed by atoms with van der Waals surface area (Å²) in [5.41, 5.74) is 0.502. The number of carbonyl (C=O) groups excluding carboxylic acids is 2. The monoisotopic (exact) mass is 428 g/mol. The fraction of sp³-hybridized carbons (Fsp3) is 0.273. The van der Waals surface area contributed by atoms with Crippen molar-refractivity contribution in [1.82, 2.24) is 9.97 Å². The van der Waals surface area contributed by atoms with Crippen LogP contribution in [0.2, 0.25) is 0 Å². The highest BCUT2D eigenvalue weighted by Gasteiger charge is 2.20. The number of ether oxygens (including phenoxy) is 1. The maximum absolute atomic E-state index is 14.6.